The maximum atomic E-state index is 13.0. The summed E-state index contributed by atoms with van der Waals surface area (Å²) in [5.41, 5.74) is 0.834. The summed E-state index contributed by atoms with van der Waals surface area (Å²) in [6.07, 6.45) is 5.01. The predicted octanol–water partition coefficient (Wildman–Crippen LogP) is 5.05. The average Bonchev–Trinajstić information content (AvgIpc) is 3.33. The fourth-order valence-corrected chi connectivity index (χ4v) is 4.57. The summed E-state index contributed by atoms with van der Waals surface area (Å²) < 4.78 is 50.0. The number of halogens is 3. The zero-order valence-electron chi connectivity index (χ0n) is 22.4. The first-order valence-corrected chi connectivity index (χ1v) is 12.9. The van der Waals surface area contributed by atoms with Crippen LogP contribution in [0, 0.1) is 5.92 Å². The second kappa shape index (κ2) is 16.8. The van der Waals surface area contributed by atoms with Gasteiger partial charge in [0.1, 0.15) is 6.79 Å². The van der Waals surface area contributed by atoms with Gasteiger partial charge in [0, 0.05) is 63.7 Å². The number of hydrogen-bond donors (Lipinski definition) is 1. The fourth-order valence-electron chi connectivity index (χ4n) is 4.57. The lowest BCUT2D eigenvalue weighted by Crippen LogP contribution is -2.50. The van der Waals surface area contributed by atoms with E-state index in [9.17, 15) is 13.2 Å². The van der Waals surface area contributed by atoms with Crippen LogP contribution in [0.1, 0.15) is 63.8 Å². The first-order valence-electron chi connectivity index (χ1n) is 12.9. The normalized spacial score (nSPS) is 25.3. The van der Waals surface area contributed by atoms with E-state index in [1.807, 2.05) is 20.6 Å². The van der Waals surface area contributed by atoms with E-state index in [4.69, 9.17) is 14.3 Å². The van der Waals surface area contributed by atoms with Crippen LogP contribution in [-0.2, 0) is 33.4 Å². The lowest BCUT2D eigenvalue weighted by Gasteiger charge is -2.33. The molecule has 36 heavy (non-hydrogen) atoms. The summed E-state index contributed by atoms with van der Waals surface area (Å²) in [6.45, 7) is 13.8. The molecule has 1 fully saturated rings. The van der Waals surface area contributed by atoms with Crippen LogP contribution in [0.4, 0.5) is 13.2 Å². The lowest BCUT2D eigenvalue weighted by atomic mass is 10.00. The zero-order valence-corrected chi connectivity index (χ0v) is 22.4. The van der Waals surface area contributed by atoms with Gasteiger partial charge in [-0.25, -0.2) is 0 Å². The molecule has 3 aliphatic rings. The van der Waals surface area contributed by atoms with Crippen molar-refractivity contribution >= 4 is 6.79 Å². The summed E-state index contributed by atoms with van der Waals surface area (Å²) in [6, 6.07) is 1.85. The summed E-state index contributed by atoms with van der Waals surface area (Å²) >= 11 is 0. The first kappa shape index (κ1) is 32.2. The van der Waals surface area contributed by atoms with Crippen LogP contribution in [-0.4, -0.2) is 68.3 Å². The van der Waals surface area contributed by atoms with E-state index in [-0.39, 0.29) is 12.1 Å². The highest BCUT2D eigenvalue weighted by molar-refractivity contribution is 5.29. The molecular formula is C27H44F3N3O3. The molecule has 2 aliphatic heterocycles. The Bertz CT molecular complexity index is 776. The number of hydrogen-bond acceptors (Lipinski definition) is 6. The molecule has 0 saturated carbocycles. The van der Waals surface area contributed by atoms with Crippen molar-refractivity contribution in [3.8, 4) is 0 Å². The highest BCUT2D eigenvalue weighted by Crippen LogP contribution is 2.31. The van der Waals surface area contributed by atoms with Crippen molar-refractivity contribution in [1.82, 2.24) is 15.2 Å². The Morgan fingerprint density at radius 2 is 1.94 bits per heavy atom. The van der Waals surface area contributed by atoms with Gasteiger partial charge in [-0.15, -0.1) is 0 Å². The van der Waals surface area contributed by atoms with Crippen LogP contribution in [0.2, 0.25) is 0 Å². The minimum absolute atomic E-state index is 0.0742. The van der Waals surface area contributed by atoms with Crippen molar-refractivity contribution in [3.05, 3.63) is 41.2 Å². The van der Waals surface area contributed by atoms with E-state index in [2.05, 4.69) is 41.2 Å². The van der Waals surface area contributed by atoms with Crippen molar-refractivity contribution in [3.63, 3.8) is 0 Å². The van der Waals surface area contributed by atoms with E-state index >= 15 is 0 Å². The van der Waals surface area contributed by atoms with Gasteiger partial charge in [-0.2, -0.15) is 13.2 Å². The van der Waals surface area contributed by atoms with Crippen LogP contribution in [0.15, 0.2) is 24.4 Å². The van der Waals surface area contributed by atoms with Crippen LogP contribution in [0.3, 0.4) is 0 Å². The maximum absolute atomic E-state index is 13.0. The molecule has 3 heterocycles. The minimum atomic E-state index is -4.35. The van der Waals surface area contributed by atoms with Crippen LogP contribution >= 0.6 is 0 Å². The van der Waals surface area contributed by atoms with E-state index in [1.165, 1.54) is 12.5 Å². The Hall–Kier alpha value is -1.81. The number of nitrogens with zero attached hydrogens (tertiary/aromatic N) is 2. The van der Waals surface area contributed by atoms with E-state index < -0.39 is 11.7 Å². The number of carbonyl (C=O) groups is 1. The van der Waals surface area contributed by atoms with Gasteiger partial charge in [-0.05, 0) is 30.4 Å². The van der Waals surface area contributed by atoms with Crippen molar-refractivity contribution in [2.45, 2.75) is 84.3 Å². The van der Waals surface area contributed by atoms with Crippen LogP contribution < -0.4 is 5.32 Å². The zero-order chi connectivity index (χ0) is 27.1. The van der Waals surface area contributed by atoms with Crippen molar-refractivity contribution in [1.29, 1.82) is 0 Å². The quantitative estimate of drug-likeness (QED) is 0.554. The molecule has 6 nitrogen and oxygen atoms in total. The second-order valence-electron chi connectivity index (χ2n) is 8.92. The van der Waals surface area contributed by atoms with Crippen LogP contribution in [0.5, 0.6) is 0 Å². The molecule has 4 unspecified atom stereocenters. The molecule has 0 aromatic carbocycles. The summed E-state index contributed by atoms with van der Waals surface area (Å²) in [7, 11) is 1.72. The average molecular weight is 516 g/mol. The molecule has 0 amide bonds. The molecule has 1 saturated heterocycles. The summed E-state index contributed by atoms with van der Waals surface area (Å²) in [5, 5.41) is 3.68. The van der Waals surface area contributed by atoms with Gasteiger partial charge in [0.25, 0.3) is 0 Å². The monoisotopic (exact) mass is 515 g/mol. The first-order chi connectivity index (χ1) is 17.3. The van der Waals surface area contributed by atoms with E-state index in [0.717, 1.165) is 44.4 Å². The maximum Gasteiger partial charge on any atom is 0.417 e. The van der Waals surface area contributed by atoms with Gasteiger partial charge >= 0.3 is 6.18 Å². The number of nitrogens with one attached hydrogen (secondary N) is 1. The number of carbonyl (C=O) groups excluding carboxylic acids is 1. The molecule has 0 radical (unpaired) electrons. The molecule has 9 heteroatoms. The van der Waals surface area contributed by atoms with Gasteiger partial charge < -0.3 is 19.6 Å². The van der Waals surface area contributed by atoms with Gasteiger partial charge in [0.2, 0.25) is 0 Å². The molecule has 0 bridgehead atoms. The summed E-state index contributed by atoms with van der Waals surface area (Å²) in [5.74, 6) is 0.397. The molecule has 4 rings (SSSR count). The smallest absolute Gasteiger partial charge is 0.379 e. The van der Waals surface area contributed by atoms with Crippen LogP contribution in [0.25, 0.3) is 0 Å². The number of methoxy groups -OCH3 is 1. The SMILES string of the molecule is C=O.CC.CCC.COC1COCCC1NC1C=CC(CN2CCc3ncc(C(F)(F)F)cc3C2)C1. The second-order valence-corrected chi connectivity index (χ2v) is 8.92. The Labute approximate surface area is 214 Å². The van der Waals surface area contributed by atoms with E-state index in [0.29, 0.717) is 37.1 Å². The number of ether oxygens (including phenoxy) is 2. The van der Waals surface area contributed by atoms with E-state index in [1.54, 1.807) is 7.11 Å². The van der Waals surface area contributed by atoms with Crippen molar-refractivity contribution < 1.29 is 27.4 Å². The molecular weight excluding hydrogens is 471 g/mol. The molecule has 1 aromatic rings. The highest BCUT2D eigenvalue weighted by atomic mass is 19.4. The van der Waals surface area contributed by atoms with Crippen molar-refractivity contribution in [2.75, 3.05) is 33.4 Å². The molecule has 206 valence electrons. The number of aromatic nitrogens is 1. The third-order valence-corrected chi connectivity index (χ3v) is 6.15. The molecule has 4 atom stereocenters. The number of alkyl halides is 3. The Balaban J connectivity index is 0.000000844. The standard InChI is InChI=1S/C21H28F3N3O2.C3H8.C2H6.CH2O/c1-28-20-13-29-7-5-19(20)26-17-3-2-14(8-17)11-27-6-4-18-15(12-27)9-16(10-25-18)21(22,23)24;1-3-2;2*1-2/h2-3,9-10,14,17,19-20,26H,4-8,11-13H2,1H3;3H2,1-2H3;1-2H3;1H2. The Morgan fingerprint density at radius 3 is 2.58 bits per heavy atom. The van der Waals surface area contributed by atoms with Gasteiger partial charge in [0.05, 0.1) is 18.3 Å². The topological polar surface area (TPSA) is 63.7 Å². The minimum Gasteiger partial charge on any atom is -0.379 e. The number of pyridine rings is 1. The molecule has 1 aromatic heterocycles. The number of rotatable bonds is 5. The Morgan fingerprint density at radius 1 is 1.25 bits per heavy atom. The van der Waals surface area contributed by atoms with Crippen molar-refractivity contribution in [2.24, 2.45) is 5.92 Å². The molecule has 1 N–H and O–H groups in total. The highest BCUT2D eigenvalue weighted by Gasteiger charge is 2.33. The fraction of sp³-hybridized carbons (Fsp3) is 0.704. The lowest BCUT2D eigenvalue weighted by molar-refractivity contribution is -0.137. The van der Waals surface area contributed by atoms with Gasteiger partial charge in [-0.3, -0.25) is 9.88 Å². The largest absolute Gasteiger partial charge is 0.417 e. The third-order valence-electron chi connectivity index (χ3n) is 6.15. The predicted molar refractivity (Wildman–Crippen MR) is 137 cm³/mol. The van der Waals surface area contributed by atoms with Gasteiger partial charge in [0.15, 0.2) is 0 Å². The Kier molecular flexibility index (Phi) is 15.1. The number of fused-ring (bicyclic) bond motifs is 1. The summed E-state index contributed by atoms with van der Waals surface area (Å²) in [4.78, 5) is 14.3. The molecule has 1 aliphatic carbocycles. The van der Waals surface area contributed by atoms with Gasteiger partial charge in [-0.1, -0.05) is 46.3 Å². The molecule has 0 spiro atoms. The third kappa shape index (κ3) is 9.92.